The molecule has 1 N–H and O–H groups in total. The van der Waals surface area contributed by atoms with Crippen molar-refractivity contribution in [1.29, 1.82) is 0 Å². The molecule has 1 aromatic carbocycles. The fourth-order valence-electron chi connectivity index (χ4n) is 2.20. The summed E-state index contributed by atoms with van der Waals surface area (Å²) in [7, 11) is 0. The van der Waals surface area contributed by atoms with E-state index in [1.807, 2.05) is 12.1 Å². The zero-order valence-corrected chi connectivity index (χ0v) is 10.6. The largest absolute Gasteiger partial charge is 0.392 e. The molecule has 0 amide bonds. The lowest BCUT2D eigenvalue weighted by atomic mass is 10.1. The van der Waals surface area contributed by atoms with E-state index in [0.29, 0.717) is 12.1 Å². The lowest BCUT2D eigenvalue weighted by molar-refractivity contribution is -0.0584. The molecule has 17 heavy (non-hydrogen) atoms. The zero-order valence-electron chi connectivity index (χ0n) is 10.6. The van der Waals surface area contributed by atoms with Gasteiger partial charge in [-0.15, -0.1) is 0 Å². The van der Waals surface area contributed by atoms with Gasteiger partial charge in [0.25, 0.3) is 0 Å². The van der Waals surface area contributed by atoms with E-state index >= 15 is 0 Å². The van der Waals surface area contributed by atoms with E-state index in [1.54, 1.807) is 0 Å². The molecule has 0 spiro atoms. The minimum absolute atomic E-state index is 0.116. The van der Waals surface area contributed by atoms with Crippen LogP contribution >= 0.6 is 0 Å². The fraction of sp³-hybridized carbons (Fsp3) is 0.571. The van der Waals surface area contributed by atoms with Crippen LogP contribution in [0.15, 0.2) is 24.3 Å². The summed E-state index contributed by atoms with van der Waals surface area (Å²) in [5.41, 5.74) is 2.26. The molecule has 1 aliphatic heterocycles. The van der Waals surface area contributed by atoms with Crippen molar-refractivity contribution < 1.29 is 9.84 Å². The van der Waals surface area contributed by atoms with Gasteiger partial charge in [0, 0.05) is 19.1 Å². The number of morpholine rings is 1. The Balaban J connectivity index is 1.99. The van der Waals surface area contributed by atoms with Gasteiger partial charge in [0.1, 0.15) is 0 Å². The van der Waals surface area contributed by atoms with E-state index in [1.165, 1.54) is 5.56 Å². The molecule has 1 fully saturated rings. The summed E-state index contributed by atoms with van der Waals surface area (Å²) >= 11 is 0. The number of nitrogens with zero attached hydrogens (tertiary/aromatic N) is 1. The van der Waals surface area contributed by atoms with E-state index in [2.05, 4.69) is 30.9 Å². The molecule has 1 aromatic rings. The van der Waals surface area contributed by atoms with E-state index < -0.39 is 0 Å². The molecule has 1 aliphatic rings. The number of aliphatic hydroxyl groups is 1. The molecule has 94 valence electrons. The first-order valence-electron chi connectivity index (χ1n) is 6.25. The van der Waals surface area contributed by atoms with Crippen LogP contribution in [-0.2, 0) is 17.9 Å². The van der Waals surface area contributed by atoms with Crippen LogP contribution in [0.5, 0.6) is 0 Å². The van der Waals surface area contributed by atoms with Crippen LogP contribution < -0.4 is 0 Å². The summed E-state index contributed by atoms with van der Waals surface area (Å²) in [6, 6.07) is 8.63. The minimum Gasteiger partial charge on any atom is -0.392 e. The maximum absolute atomic E-state index is 9.00. The van der Waals surface area contributed by atoms with Gasteiger partial charge in [0.15, 0.2) is 0 Å². The summed E-state index contributed by atoms with van der Waals surface area (Å²) in [6.07, 6.45) is 0.306. The monoisotopic (exact) mass is 235 g/mol. The molecule has 2 unspecified atom stereocenters. The molecule has 0 radical (unpaired) electrons. The third-order valence-electron chi connectivity index (χ3n) is 3.61. The Hall–Kier alpha value is -0.900. The SMILES string of the molecule is CC1OCCN(Cc2ccc(CO)cc2)C1C. The van der Waals surface area contributed by atoms with Crippen LogP contribution in [0.2, 0.25) is 0 Å². The molecule has 2 atom stereocenters. The highest BCUT2D eigenvalue weighted by molar-refractivity contribution is 5.22. The Labute approximate surface area is 103 Å². The normalized spacial score (nSPS) is 26.1. The van der Waals surface area contributed by atoms with Crippen molar-refractivity contribution in [1.82, 2.24) is 4.90 Å². The van der Waals surface area contributed by atoms with Crippen LogP contribution in [0.4, 0.5) is 0 Å². The molecule has 0 saturated carbocycles. The Bertz CT molecular complexity index is 350. The zero-order chi connectivity index (χ0) is 12.3. The van der Waals surface area contributed by atoms with Crippen molar-refractivity contribution in [3.8, 4) is 0 Å². The van der Waals surface area contributed by atoms with Crippen molar-refractivity contribution in [2.45, 2.75) is 39.1 Å². The summed E-state index contributed by atoms with van der Waals surface area (Å²) in [4.78, 5) is 2.45. The van der Waals surface area contributed by atoms with E-state index in [-0.39, 0.29) is 6.61 Å². The van der Waals surface area contributed by atoms with Gasteiger partial charge in [-0.05, 0) is 25.0 Å². The maximum atomic E-state index is 9.00. The topological polar surface area (TPSA) is 32.7 Å². The quantitative estimate of drug-likeness (QED) is 0.867. The van der Waals surface area contributed by atoms with Gasteiger partial charge in [-0.1, -0.05) is 24.3 Å². The third-order valence-corrected chi connectivity index (χ3v) is 3.61. The second-order valence-corrected chi connectivity index (χ2v) is 4.76. The summed E-state index contributed by atoms with van der Waals surface area (Å²) in [6.45, 7) is 7.23. The summed E-state index contributed by atoms with van der Waals surface area (Å²) < 4.78 is 5.62. The van der Waals surface area contributed by atoms with Crippen LogP contribution in [0, 0.1) is 0 Å². The molecule has 0 aromatic heterocycles. The highest BCUT2D eigenvalue weighted by atomic mass is 16.5. The van der Waals surface area contributed by atoms with Gasteiger partial charge in [0.2, 0.25) is 0 Å². The molecule has 0 bridgehead atoms. The van der Waals surface area contributed by atoms with Gasteiger partial charge < -0.3 is 9.84 Å². The van der Waals surface area contributed by atoms with E-state index in [0.717, 1.165) is 25.3 Å². The highest BCUT2D eigenvalue weighted by Gasteiger charge is 2.24. The number of aliphatic hydroxyl groups excluding tert-OH is 1. The van der Waals surface area contributed by atoms with Crippen molar-refractivity contribution in [2.75, 3.05) is 13.2 Å². The Morgan fingerprint density at radius 2 is 1.88 bits per heavy atom. The second kappa shape index (κ2) is 5.63. The van der Waals surface area contributed by atoms with Gasteiger partial charge in [-0.25, -0.2) is 0 Å². The lowest BCUT2D eigenvalue weighted by Crippen LogP contribution is -2.47. The fourth-order valence-corrected chi connectivity index (χ4v) is 2.20. The maximum Gasteiger partial charge on any atom is 0.0700 e. The molecular weight excluding hydrogens is 214 g/mol. The van der Waals surface area contributed by atoms with Gasteiger partial charge in [-0.3, -0.25) is 4.90 Å². The van der Waals surface area contributed by atoms with Crippen molar-refractivity contribution >= 4 is 0 Å². The predicted molar refractivity (Wildman–Crippen MR) is 67.7 cm³/mol. The molecule has 0 aliphatic carbocycles. The van der Waals surface area contributed by atoms with Crippen molar-refractivity contribution in [3.63, 3.8) is 0 Å². The van der Waals surface area contributed by atoms with Crippen molar-refractivity contribution in [3.05, 3.63) is 35.4 Å². The molecule has 3 heteroatoms. The molecule has 3 nitrogen and oxygen atoms in total. The first-order valence-corrected chi connectivity index (χ1v) is 6.25. The predicted octanol–water partition coefficient (Wildman–Crippen LogP) is 1.79. The van der Waals surface area contributed by atoms with Gasteiger partial charge in [-0.2, -0.15) is 0 Å². The minimum atomic E-state index is 0.116. The van der Waals surface area contributed by atoms with Gasteiger partial charge >= 0.3 is 0 Å². The highest BCUT2D eigenvalue weighted by Crippen LogP contribution is 2.17. The average molecular weight is 235 g/mol. The summed E-state index contributed by atoms with van der Waals surface area (Å²) in [5, 5.41) is 9.00. The van der Waals surface area contributed by atoms with Gasteiger partial charge in [0.05, 0.1) is 19.3 Å². The molecule has 1 saturated heterocycles. The second-order valence-electron chi connectivity index (χ2n) is 4.76. The molecule has 1 heterocycles. The van der Waals surface area contributed by atoms with Crippen LogP contribution in [0.1, 0.15) is 25.0 Å². The smallest absolute Gasteiger partial charge is 0.0700 e. The third kappa shape index (κ3) is 3.06. The van der Waals surface area contributed by atoms with Crippen molar-refractivity contribution in [2.24, 2.45) is 0 Å². The number of benzene rings is 1. The first kappa shape index (κ1) is 12.6. The number of hydrogen-bond donors (Lipinski definition) is 1. The van der Waals surface area contributed by atoms with Crippen LogP contribution in [-0.4, -0.2) is 35.3 Å². The Kier molecular flexibility index (Phi) is 4.15. The Morgan fingerprint density at radius 3 is 2.53 bits per heavy atom. The Morgan fingerprint density at radius 1 is 1.24 bits per heavy atom. The number of ether oxygens (including phenoxy) is 1. The number of rotatable bonds is 3. The first-order chi connectivity index (χ1) is 8.20. The van der Waals surface area contributed by atoms with E-state index in [9.17, 15) is 0 Å². The van der Waals surface area contributed by atoms with E-state index in [4.69, 9.17) is 9.84 Å². The van der Waals surface area contributed by atoms with Crippen LogP contribution in [0.3, 0.4) is 0 Å². The standard InChI is InChI=1S/C14H21NO2/c1-11-12(2)17-8-7-15(11)9-13-3-5-14(10-16)6-4-13/h3-6,11-12,16H,7-10H2,1-2H3. The lowest BCUT2D eigenvalue weighted by Gasteiger charge is -2.37. The molecular formula is C14H21NO2. The number of hydrogen-bond acceptors (Lipinski definition) is 3. The average Bonchev–Trinajstić information content (AvgIpc) is 2.36. The van der Waals surface area contributed by atoms with Crippen LogP contribution in [0.25, 0.3) is 0 Å². The molecule has 2 rings (SSSR count). The summed E-state index contributed by atoms with van der Waals surface area (Å²) in [5.74, 6) is 0.